The number of β-amino-alcohol motifs (C(OH)–C–C–N with tert-alkyl or cyclic N) is 1. The Morgan fingerprint density at radius 3 is 2.93 bits per heavy atom. The average Bonchev–Trinajstić information content (AvgIpc) is 3.13. The second-order valence-electron chi connectivity index (χ2n) is 7.22. The zero-order valence-corrected chi connectivity index (χ0v) is 17.2. The number of benzene rings is 1. The number of aliphatic hydroxyl groups excluding tert-OH is 1. The minimum absolute atomic E-state index is 0.133. The number of rotatable bonds is 8. The molecule has 0 aliphatic carbocycles. The lowest BCUT2D eigenvalue weighted by atomic mass is 10.1. The van der Waals surface area contributed by atoms with Crippen LogP contribution in [-0.4, -0.2) is 61.0 Å². The maximum Gasteiger partial charge on any atom is 0.136 e. The Morgan fingerprint density at radius 2 is 2.21 bits per heavy atom. The first kappa shape index (κ1) is 20.8. The van der Waals surface area contributed by atoms with E-state index in [-0.39, 0.29) is 12.1 Å². The quantitative estimate of drug-likeness (QED) is 0.694. The van der Waals surface area contributed by atoms with Crippen molar-refractivity contribution in [3.8, 4) is 11.8 Å². The van der Waals surface area contributed by atoms with E-state index < -0.39 is 0 Å². The van der Waals surface area contributed by atoms with Gasteiger partial charge in [-0.3, -0.25) is 0 Å². The van der Waals surface area contributed by atoms with Crippen LogP contribution in [0.15, 0.2) is 30.6 Å². The molecule has 154 valence electrons. The van der Waals surface area contributed by atoms with Crippen LogP contribution in [0.25, 0.3) is 0 Å². The van der Waals surface area contributed by atoms with Crippen molar-refractivity contribution in [2.75, 3.05) is 43.6 Å². The molecule has 1 fully saturated rings. The topological polar surface area (TPSA) is 97.5 Å². The van der Waals surface area contributed by atoms with E-state index in [1.807, 2.05) is 31.3 Å². The largest absolute Gasteiger partial charge is 0.495 e. The number of hydrogen-bond acceptors (Lipinski definition) is 8. The monoisotopic (exact) mass is 396 g/mol. The van der Waals surface area contributed by atoms with Crippen molar-refractivity contribution < 1.29 is 9.84 Å². The smallest absolute Gasteiger partial charge is 0.136 e. The molecule has 1 aliphatic heterocycles. The minimum atomic E-state index is -0.379. The fourth-order valence-corrected chi connectivity index (χ4v) is 3.57. The molecule has 8 heteroatoms. The van der Waals surface area contributed by atoms with Gasteiger partial charge >= 0.3 is 0 Å². The summed E-state index contributed by atoms with van der Waals surface area (Å²) in [5, 5.41) is 22.9. The zero-order chi connectivity index (χ0) is 20.8. The van der Waals surface area contributed by atoms with Crippen LogP contribution in [-0.2, 0) is 6.54 Å². The van der Waals surface area contributed by atoms with Crippen LogP contribution in [0, 0.1) is 11.3 Å². The molecule has 3 rings (SSSR count). The SMILES string of the molecule is CCN(C)c1cc(N2C[C@H](O)C[C@@H]2CNCc2ccc(OC)c(C#N)c2)ncn1. The lowest BCUT2D eigenvalue weighted by Crippen LogP contribution is -2.38. The van der Waals surface area contributed by atoms with Crippen LogP contribution in [0.2, 0.25) is 0 Å². The molecule has 1 aromatic carbocycles. The van der Waals surface area contributed by atoms with Gasteiger partial charge in [-0.05, 0) is 31.0 Å². The van der Waals surface area contributed by atoms with Crippen molar-refractivity contribution in [2.45, 2.75) is 32.0 Å². The Bertz CT molecular complexity index is 868. The Balaban J connectivity index is 1.65. The Labute approximate surface area is 171 Å². The lowest BCUT2D eigenvalue weighted by molar-refractivity contribution is 0.194. The van der Waals surface area contributed by atoms with E-state index in [0.29, 0.717) is 37.4 Å². The third kappa shape index (κ3) is 4.94. The van der Waals surface area contributed by atoms with Crippen molar-refractivity contribution in [1.82, 2.24) is 15.3 Å². The van der Waals surface area contributed by atoms with Crippen molar-refractivity contribution in [2.24, 2.45) is 0 Å². The molecule has 1 aromatic heterocycles. The highest BCUT2D eigenvalue weighted by Gasteiger charge is 2.31. The molecule has 1 aliphatic rings. The molecule has 8 nitrogen and oxygen atoms in total. The third-order valence-electron chi connectivity index (χ3n) is 5.28. The number of aromatic nitrogens is 2. The van der Waals surface area contributed by atoms with Gasteiger partial charge in [0, 0.05) is 45.3 Å². The van der Waals surface area contributed by atoms with E-state index in [1.54, 1.807) is 13.4 Å². The number of anilines is 2. The van der Waals surface area contributed by atoms with E-state index in [1.165, 1.54) is 0 Å². The second-order valence-corrected chi connectivity index (χ2v) is 7.22. The minimum Gasteiger partial charge on any atom is -0.495 e. The van der Waals surface area contributed by atoms with Crippen molar-refractivity contribution in [3.05, 3.63) is 41.7 Å². The molecule has 0 spiro atoms. The number of nitrogens with zero attached hydrogens (tertiary/aromatic N) is 5. The van der Waals surface area contributed by atoms with Gasteiger partial charge in [-0.25, -0.2) is 9.97 Å². The van der Waals surface area contributed by atoms with Crippen LogP contribution in [0.5, 0.6) is 5.75 Å². The van der Waals surface area contributed by atoms with Gasteiger partial charge in [-0.15, -0.1) is 0 Å². The predicted octanol–water partition coefficient (Wildman–Crippen LogP) is 1.54. The zero-order valence-electron chi connectivity index (χ0n) is 17.2. The molecule has 0 amide bonds. The molecule has 2 heterocycles. The number of hydrogen-bond donors (Lipinski definition) is 2. The summed E-state index contributed by atoms with van der Waals surface area (Å²) in [7, 11) is 3.55. The van der Waals surface area contributed by atoms with Gasteiger partial charge < -0.3 is 25.0 Å². The van der Waals surface area contributed by atoms with Gasteiger partial charge in [-0.1, -0.05) is 6.07 Å². The van der Waals surface area contributed by atoms with Crippen molar-refractivity contribution in [3.63, 3.8) is 0 Å². The number of aliphatic hydroxyl groups is 1. The maximum absolute atomic E-state index is 10.2. The number of ether oxygens (including phenoxy) is 1. The summed E-state index contributed by atoms with van der Waals surface area (Å²) in [6.45, 7) is 4.82. The number of nitriles is 1. The Kier molecular flexibility index (Phi) is 6.86. The van der Waals surface area contributed by atoms with Gasteiger partial charge in [0.25, 0.3) is 0 Å². The highest BCUT2D eigenvalue weighted by molar-refractivity contribution is 5.51. The molecular formula is C21H28N6O2. The van der Waals surface area contributed by atoms with Crippen LogP contribution in [0.4, 0.5) is 11.6 Å². The van der Waals surface area contributed by atoms with Crippen molar-refractivity contribution >= 4 is 11.6 Å². The molecular weight excluding hydrogens is 368 g/mol. The summed E-state index contributed by atoms with van der Waals surface area (Å²) < 4.78 is 5.19. The molecule has 0 bridgehead atoms. The summed E-state index contributed by atoms with van der Waals surface area (Å²) in [5.41, 5.74) is 1.54. The van der Waals surface area contributed by atoms with Gasteiger partial charge in [0.05, 0.1) is 18.8 Å². The predicted molar refractivity (Wildman–Crippen MR) is 112 cm³/mol. The van der Waals surface area contributed by atoms with Crippen molar-refractivity contribution in [1.29, 1.82) is 5.26 Å². The number of methoxy groups -OCH3 is 1. The second kappa shape index (κ2) is 9.54. The first-order valence-electron chi connectivity index (χ1n) is 9.81. The molecule has 2 N–H and O–H groups in total. The Morgan fingerprint density at radius 1 is 1.38 bits per heavy atom. The Hall–Kier alpha value is -2.89. The van der Waals surface area contributed by atoms with Crippen LogP contribution >= 0.6 is 0 Å². The molecule has 0 unspecified atom stereocenters. The van der Waals surface area contributed by atoms with Gasteiger partial charge in [0.2, 0.25) is 0 Å². The fraction of sp³-hybridized carbons (Fsp3) is 0.476. The van der Waals surface area contributed by atoms with E-state index in [2.05, 4.69) is 38.1 Å². The van der Waals surface area contributed by atoms with Gasteiger partial charge in [0.1, 0.15) is 29.8 Å². The highest BCUT2D eigenvalue weighted by atomic mass is 16.5. The molecule has 0 radical (unpaired) electrons. The first-order chi connectivity index (χ1) is 14.0. The van der Waals surface area contributed by atoms with E-state index in [4.69, 9.17) is 4.74 Å². The highest BCUT2D eigenvalue weighted by Crippen LogP contribution is 2.26. The number of nitrogens with one attached hydrogen (secondary N) is 1. The van der Waals surface area contributed by atoms with Crippen LogP contribution in [0.1, 0.15) is 24.5 Å². The van der Waals surface area contributed by atoms with E-state index >= 15 is 0 Å². The van der Waals surface area contributed by atoms with Crippen LogP contribution < -0.4 is 19.9 Å². The summed E-state index contributed by atoms with van der Waals surface area (Å²) in [6, 6.07) is 9.86. The summed E-state index contributed by atoms with van der Waals surface area (Å²) in [4.78, 5) is 13.0. The van der Waals surface area contributed by atoms with E-state index in [0.717, 1.165) is 23.7 Å². The third-order valence-corrected chi connectivity index (χ3v) is 5.28. The van der Waals surface area contributed by atoms with E-state index in [9.17, 15) is 10.4 Å². The normalized spacial score (nSPS) is 18.5. The lowest BCUT2D eigenvalue weighted by Gasteiger charge is -2.26. The molecule has 1 saturated heterocycles. The molecule has 29 heavy (non-hydrogen) atoms. The first-order valence-corrected chi connectivity index (χ1v) is 9.81. The van der Waals surface area contributed by atoms with Gasteiger partial charge in [-0.2, -0.15) is 5.26 Å². The van der Waals surface area contributed by atoms with Crippen LogP contribution in [0.3, 0.4) is 0 Å². The summed E-state index contributed by atoms with van der Waals surface area (Å²) in [6.07, 6.45) is 1.88. The fourth-order valence-electron chi connectivity index (χ4n) is 3.57. The maximum atomic E-state index is 10.2. The molecule has 2 atom stereocenters. The summed E-state index contributed by atoms with van der Waals surface area (Å²) in [5.74, 6) is 2.28. The molecule has 0 saturated carbocycles. The standard InChI is InChI=1S/C21H28N6O2/c1-4-26(2)20-9-21(25-14-24-20)27-13-18(28)8-17(27)12-23-11-15-5-6-19(29-3)16(7-15)10-22/h5-7,9,14,17-18,23,28H,4,8,11-13H2,1-3H3/t17-,18-/m1/s1. The molecule has 2 aromatic rings. The van der Waals surface area contributed by atoms with Gasteiger partial charge in [0.15, 0.2) is 0 Å². The summed E-state index contributed by atoms with van der Waals surface area (Å²) >= 11 is 0. The average molecular weight is 396 g/mol.